The largest absolute Gasteiger partial charge is 0.444 e. The third kappa shape index (κ3) is 4.93. The van der Waals surface area contributed by atoms with Gasteiger partial charge in [0.2, 0.25) is 0 Å². The molecule has 2 N–H and O–H groups in total. The zero-order valence-corrected chi connectivity index (χ0v) is 14.3. The van der Waals surface area contributed by atoms with Crippen molar-refractivity contribution < 1.29 is 9.53 Å². The van der Waals surface area contributed by atoms with Crippen molar-refractivity contribution in [3.63, 3.8) is 0 Å². The first kappa shape index (κ1) is 16.7. The summed E-state index contributed by atoms with van der Waals surface area (Å²) in [5.74, 6) is 1.60. The van der Waals surface area contributed by atoms with E-state index in [1.54, 1.807) is 0 Å². The smallest absolute Gasteiger partial charge is 0.412 e. The molecule has 0 aliphatic heterocycles. The lowest BCUT2D eigenvalue weighted by Gasteiger charge is -2.39. The molecule has 1 saturated carbocycles. The fourth-order valence-electron chi connectivity index (χ4n) is 2.67. The van der Waals surface area contributed by atoms with Crippen molar-refractivity contribution in [3.05, 3.63) is 24.3 Å². The fraction of sp³-hybridized carbons (Fsp3) is 0.611. The van der Waals surface area contributed by atoms with Gasteiger partial charge in [-0.1, -0.05) is 19.9 Å². The molecule has 0 bridgehead atoms. The van der Waals surface area contributed by atoms with Crippen LogP contribution in [0.5, 0.6) is 0 Å². The number of rotatable bonds is 4. The minimum absolute atomic E-state index is 0.423. The van der Waals surface area contributed by atoms with Crippen molar-refractivity contribution in [2.75, 3.05) is 10.6 Å². The van der Waals surface area contributed by atoms with Crippen LogP contribution >= 0.6 is 0 Å². The SMILES string of the molecule is CC(C)C1CC(Nc2cccc(NC(=O)OC(C)(C)C)c2)C1. The predicted molar refractivity (Wildman–Crippen MR) is 91.3 cm³/mol. The van der Waals surface area contributed by atoms with Gasteiger partial charge in [-0.25, -0.2) is 4.79 Å². The molecule has 1 aliphatic rings. The molecule has 0 radical (unpaired) electrons. The van der Waals surface area contributed by atoms with Crippen LogP contribution in [-0.4, -0.2) is 17.7 Å². The van der Waals surface area contributed by atoms with Crippen LogP contribution in [0, 0.1) is 11.8 Å². The molecule has 0 saturated heterocycles. The quantitative estimate of drug-likeness (QED) is 0.833. The molecule has 0 heterocycles. The second-order valence-electron chi connectivity index (χ2n) is 7.52. The molecule has 1 aromatic carbocycles. The molecule has 122 valence electrons. The minimum Gasteiger partial charge on any atom is -0.444 e. The van der Waals surface area contributed by atoms with E-state index in [0.29, 0.717) is 6.04 Å². The number of nitrogens with one attached hydrogen (secondary N) is 2. The number of anilines is 2. The van der Waals surface area contributed by atoms with Gasteiger partial charge in [-0.2, -0.15) is 0 Å². The predicted octanol–water partition coefficient (Wildman–Crippen LogP) is 4.88. The molecule has 0 spiro atoms. The molecule has 0 aromatic heterocycles. The molecule has 2 rings (SSSR count). The number of hydrogen-bond acceptors (Lipinski definition) is 3. The Morgan fingerprint density at radius 3 is 2.45 bits per heavy atom. The average Bonchev–Trinajstić information content (AvgIpc) is 2.30. The maximum atomic E-state index is 11.8. The van der Waals surface area contributed by atoms with E-state index < -0.39 is 11.7 Å². The number of hydrogen-bond donors (Lipinski definition) is 2. The summed E-state index contributed by atoms with van der Waals surface area (Å²) in [4.78, 5) is 11.8. The summed E-state index contributed by atoms with van der Waals surface area (Å²) in [6.45, 7) is 10.1. The van der Waals surface area contributed by atoms with Gasteiger partial charge in [0, 0.05) is 17.4 Å². The summed E-state index contributed by atoms with van der Waals surface area (Å²) in [7, 11) is 0. The number of ether oxygens (including phenoxy) is 1. The summed E-state index contributed by atoms with van der Waals surface area (Å²) < 4.78 is 5.26. The number of benzene rings is 1. The maximum absolute atomic E-state index is 11.8. The minimum atomic E-state index is -0.488. The Morgan fingerprint density at radius 1 is 1.23 bits per heavy atom. The first-order valence-corrected chi connectivity index (χ1v) is 8.09. The van der Waals surface area contributed by atoms with Crippen molar-refractivity contribution >= 4 is 17.5 Å². The first-order valence-electron chi connectivity index (χ1n) is 8.09. The Labute approximate surface area is 133 Å². The van der Waals surface area contributed by atoms with Gasteiger partial charge in [0.05, 0.1) is 0 Å². The third-order valence-electron chi connectivity index (χ3n) is 4.00. The highest BCUT2D eigenvalue weighted by Crippen LogP contribution is 2.35. The number of carbonyl (C=O) groups excluding carboxylic acids is 1. The van der Waals surface area contributed by atoms with E-state index in [9.17, 15) is 4.79 Å². The van der Waals surface area contributed by atoms with Gasteiger partial charge in [0.1, 0.15) is 5.60 Å². The molecular formula is C18H28N2O2. The lowest BCUT2D eigenvalue weighted by Crippen LogP contribution is -2.37. The van der Waals surface area contributed by atoms with Gasteiger partial charge < -0.3 is 10.1 Å². The van der Waals surface area contributed by atoms with E-state index in [0.717, 1.165) is 23.2 Å². The Balaban J connectivity index is 1.87. The Hall–Kier alpha value is -1.71. The van der Waals surface area contributed by atoms with Crippen LogP contribution in [0.2, 0.25) is 0 Å². The van der Waals surface area contributed by atoms with E-state index in [2.05, 4.69) is 24.5 Å². The van der Waals surface area contributed by atoms with E-state index in [-0.39, 0.29) is 0 Å². The Bertz CT molecular complexity index is 514. The monoisotopic (exact) mass is 304 g/mol. The molecule has 1 amide bonds. The molecule has 22 heavy (non-hydrogen) atoms. The van der Waals surface area contributed by atoms with Crippen LogP contribution in [0.25, 0.3) is 0 Å². The van der Waals surface area contributed by atoms with E-state index >= 15 is 0 Å². The van der Waals surface area contributed by atoms with Gasteiger partial charge in [0.15, 0.2) is 0 Å². The van der Waals surface area contributed by atoms with Crippen molar-refractivity contribution in [1.29, 1.82) is 0 Å². The van der Waals surface area contributed by atoms with Gasteiger partial charge in [-0.05, 0) is 63.6 Å². The van der Waals surface area contributed by atoms with Gasteiger partial charge >= 0.3 is 6.09 Å². The summed E-state index contributed by atoms with van der Waals surface area (Å²) >= 11 is 0. The van der Waals surface area contributed by atoms with Crippen LogP contribution in [0.15, 0.2) is 24.3 Å². The molecule has 4 heteroatoms. The number of carbonyl (C=O) groups is 1. The van der Waals surface area contributed by atoms with Crippen molar-refractivity contribution in [2.24, 2.45) is 11.8 Å². The van der Waals surface area contributed by atoms with Crippen molar-refractivity contribution in [1.82, 2.24) is 0 Å². The zero-order chi connectivity index (χ0) is 16.3. The van der Waals surface area contributed by atoms with Crippen LogP contribution in [0.4, 0.5) is 16.2 Å². The molecule has 1 aromatic rings. The normalized spacial score (nSPS) is 21.2. The van der Waals surface area contributed by atoms with Gasteiger partial charge in [0.25, 0.3) is 0 Å². The Morgan fingerprint density at radius 2 is 1.86 bits per heavy atom. The molecule has 4 nitrogen and oxygen atoms in total. The van der Waals surface area contributed by atoms with Crippen molar-refractivity contribution in [3.8, 4) is 0 Å². The Kier molecular flexibility index (Phi) is 4.99. The summed E-state index contributed by atoms with van der Waals surface area (Å²) in [5, 5.41) is 6.31. The highest BCUT2D eigenvalue weighted by Gasteiger charge is 2.30. The zero-order valence-electron chi connectivity index (χ0n) is 14.3. The van der Waals surface area contributed by atoms with Crippen molar-refractivity contribution in [2.45, 2.75) is 59.1 Å². The highest BCUT2D eigenvalue weighted by atomic mass is 16.6. The molecule has 0 unspecified atom stereocenters. The maximum Gasteiger partial charge on any atom is 0.412 e. The molecule has 1 fully saturated rings. The van der Waals surface area contributed by atoms with Gasteiger partial charge in [-0.15, -0.1) is 0 Å². The average molecular weight is 304 g/mol. The molecule has 0 atom stereocenters. The van der Waals surface area contributed by atoms with Crippen LogP contribution < -0.4 is 10.6 Å². The van der Waals surface area contributed by atoms with E-state index in [1.807, 2.05) is 45.0 Å². The summed E-state index contributed by atoms with van der Waals surface area (Å²) in [6, 6.07) is 8.33. The molecule has 1 aliphatic carbocycles. The summed E-state index contributed by atoms with van der Waals surface area (Å²) in [6.07, 6.45) is 2.02. The summed E-state index contributed by atoms with van der Waals surface area (Å²) in [5.41, 5.74) is 1.30. The molecular weight excluding hydrogens is 276 g/mol. The third-order valence-corrected chi connectivity index (χ3v) is 4.00. The van der Waals surface area contributed by atoms with E-state index in [1.165, 1.54) is 12.8 Å². The number of amides is 1. The fourth-order valence-corrected chi connectivity index (χ4v) is 2.67. The lowest BCUT2D eigenvalue weighted by atomic mass is 9.73. The van der Waals surface area contributed by atoms with Gasteiger partial charge in [-0.3, -0.25) is 5.32 Å². The van der Waals surface area contributed by atoms with Crippen LogP contribution in [0.1, 0.15) is 47.5 Å². The first-order chi connectivity index (χ1) is 10.2. The second kappa shape index (κ2) is 6.59. The van der Waals surface area contributed by atoms with Crippen LogP contribution in [-0.2, 0) is 4.74 Å². The van der Waals surface area contributed by atoms with Crippen LogP contribution in [0.3, 0.4) is 0 Å². The second-order valence-corrected chi connectivity index (χ2v) is 7.52. The lowest BCUT2D eigenvalue weighted by molar-refractivity contribution is 0.0636. The highest BCUT2D eigenvalue weighted by molar-refractivity contribution is 5.85. The topological polar surface area (TPSA) is 50.4 Å². The van der Waals surface area contributed by atoms with E-state index in [4.69, 9.17) is 4.74 Å². The standard InChI is InChI=1S/C18H28N2O2/c1-12(2)13-9-16(10-13)19-14-7-6-8-15(11-14)20-17(21)22-18(3,4)5/h6-8,11-13,16,19H,9-10H2,1-5H3,(H,20,21).